The fourth-order valence-corrected chi connectivity index (χ4v) is 3.84. The zero-order chi connectivity index (χ0) is 16.1. The Bertz CT molecular complexity index is 584. The van der Waals surface area contributed by atoms with Gasteiger partial charge < -0.3 is 14.7 Å². The number of aliphatic hydroxyl groups excluding tert-OH is 1. The molecule has 6 heteroatoms. The van der Waals surface area contributed by atoms with Gasteiger partial charge in [-0.3, -0.25) is 4.68 Å². The number of thiophene rings is 1. The standard InChI is InChI=1S/C17H25N3O2S/c1-19-9-15(8-18-19)7-14-4-5-20(10-14)11-16(21)12-22-13-17-3-2-6-23-17/h2-3,6,8-9,14,16,21H,4-5,7,10-13H2,1H3. The number of rotatable bonds is 8. The minimum absolute atomic E-state index is 0.404. The summed E-state index contributed by atoms with van der Waals surface area (Å²) in [6.45, 7) is 3.82. The van der Waals surface area contributed by atoms with Crippen LogP contribution in [0.15, 0.2) is 29.9 Å². The summed E-state index contributed by atoms with van der Waals surface area (Å²) in [5, 5.41) is 16.4. The van der Waals surface area contributed by atoms with E-state index in [-0.39, 0.29) is 0 Å². The zero-order valence-corrected chi connectivity index (χ0v) is 14.4. The average Bonchev–Trinajstić information content (AvgIpc) is 3.23. The van der Waals surface area contributed by atoms with Gasteiger partial charge in [0.15, 0.2) is 0 Å². The maximum absolute atomic E-state index is 10.1. The third kappa shape index (κ3) is 5.14. The molecule has 1 fully saturated rings. The van der Waals surface area contributed by atoms with Crippen molar-refractivity contribution in [1.82, 2.24) is 14.7 Å². The number of aliphatic hydroxyl groups is 1. The van der Waals surface area contributed by atoms with E-state index in [9.17, 15) is 5.11 Å². The van der Waals surface area contributed by atoms with Crippen molar-refractivity contribution in [2.24, 2.45) is 13.0 Å². The van der Waals surface area contributed by atoms with Crippen molar-refractivity contribution in [3.63, 3.8) is 0 Å². The number of aryl methyl sites for hydroxylation is 1. The van der Waals surface area contributed by atoms with Crippen LogP contribution in [0.3, 0.4) is 0 Å². The van der Waals surface area contributed by atoms with E-state index in [0.717, 1.165) is 19.5 Å². The minimum Gasteiger partial charge on any atom is -0.389 e. The molecule has 0 aromatic carbocycles. The van der Waals surface area contributed by atoms with Gasteiger partial charge in [0.25, 0.3) is 0 Å². The zero-order valence-electron chi connectivity index (χ0n) is 13.6. The van der Waals surface area contributed by atoms with E-state index in [1.54, 1.807) is 11.3 Å². The molecule has 0 radical (unpaired) electrons. The van der Waals surface area contributed by atoms with Gasteiger partial charge in [-0.15, -0.1) is 11.3 Å². The van der Waals surface area contributed by atoms with E-state index < -0.39 is 6.10 Å². The molecule has 2 aromatic rings. The van der Waals surface area contributed by atoms with E-state index >= 15 is 0 Å². The molecule has 2 unspecified atom stereocenters. The SMILES string of the molecule is Cn1cc(CC2CCN(CC(O)COCc3cccs3)C2)cn1. The van der Waals surface area contributed by atoms with Crippen LogP contribution in [0.2, 0.25) is 0 Å². The summed E-state index contributed by atoms with van der Waals surface area (Å²) >= 11 is 1.69. The fraction of sp³-hybridized carbons (Fsp3) is 0.588. The minimum atomic E-state index is -0.410. The first kappa shape index (κ1) is 16.6. The first-order valence-electron chi connectivity index (χ1n) is 8.17. The molecule has 0 spiro atoms. The third-order valence-corrected chi connectivity index (χ3v) is 5.11. The van der Waals surface area contributed by atoms with Crippen LogP contribution >= 0.6 is 11.3 Å². The van der Waals surface area contributed by atoms with Crippen molar-refractivity contribution >= 4 is 11.3 Å². The first-order valence-corrected chi connectivity index (χ1v) is 9.05. The second-order valence-electron chi connectivity index (χ2n) is 6.39. The molecule has 126 valence electrons. The lowest BCUT2D eigenvalue weighted by Crippen LogP contribution is -2.33. The molecule has 2 aromatic heterocycles. The van der Waals surface area contributed by atoms with Crippen molar-refractivity contribution in [3.05, 3.63) is 40.3 Å². The van der Waals surface area contributed by atoms with Gasteiger partial charge in [0.1, 0.15) is 0 Å². The van der Waals surface area contributed by atoms with E-state index in [2.05, 4.69) is 22.3 Å². The van der Waals surface area contributed by atoms with Gasteiger partial charge in [0, 0.05) is 31.2 Å². The average molecular weight is 335 g/mol. The Morgan fingerprint density at radius 1 is 1.52 bits per heavy atom. The molecule has 2 atom stereocenters. The van der Waals surface area contributed by atoms with Crippen molar-refractivity contribution in [2.45, 2.75) is 25.6 Å². The number of ether oxygens (including phenoxy) is 1. The summed E-state index contributed by atoms with van der Waals surface area (Å²) in [6, 6.07) is 4.08. The summed E-state index contributed by atoms with van der Waals surface area (Å²) in [4.78, 5) is 3.55. The largest absolute Gasteiger partial charge is 0.389 e. The van der Waals surface area contributed by atoms with E-state index in [0.29, 0.717) is 25.7 Å². The van der Waals surface area contributed by atoms with Crippen molar-refractivity contribution in [3.8, 4) is 0 Å². The van der Waals surface area contributed by atoms with Crippen LogP contribution in [-0.4, -0.2) is 52.1 Å². The van der Waals surface area contributed by atoms with E-state index in [4.69, 9.17) is 4.74 Å². The molecule has 1 aliphatic rings. The van der Waals surface area contributed by atoms with Gasteiger partial charge >= 0.3 is 0 Å². The Kier molecular flexibility index (Phi) is 5.83. The molecule has 23 heavy (non-hydrogen) atoms. The quantitative estimate of drug-likeness (QED) is 0.801. The Morgan fingerprint density at radius 2 is 2.43 bits per heavy atom. The lowest BCUT2D eigenvalue weighted by Gasteiger charge is -2.20. The molecule has 1 aliphatic heterocycles. The van der Waals surface area contributed by atoms with Gasteiger partial charge in [-0.05, 0) is 42.3 Å². The Hall–Kier alpha value is -1.21. The Morgan fingerprint density at radius 3 is 3.17 bits per heavy atom. The van der Waals surface area contributed by atoms with Crippen molar-refractivity contribution in [2.75, 3.05) is 26.2 Å². The highest BCUT2D eigenvalue weighted by Crippen LogP contribution is 2.20. The normalized spacial score (nSPS) is 20.2. The van der Waals surface area contributed by atoms with Crippen LogP contribution in [-0.2, 0) is 24.8 Å². The highest BCUT2D eigenvalue weighted by atomic mass is 32.1. The molecule has 1 N–H and O–H groups in total. The number of hydrogen-bond donors (Lipinski definition) is 1. The van der Waals surface area contributed by atoms with E-state index in [1.807, 2.05) is 29.4 Å². The number of aromatic nitrogens is 2. The highest BCUT2D eigenvalue weighted by Gasteiger charge is 2.24. The third-order valence-electron chi connectivity index (χ3n) is 4.26. The molecule has 5 nitrogen and oxygen atoms in total. The van der Waals surface area contributed by atoms with Gasteiger partial charge in [-0.2, -0.15) is 5.10 Å². The van der Waals surface area contributed by atoms with Gasteiger partial charge in [-0.25, -0.2) is 0 Å². The maximum atomic E-state index is 10.1. The molecule has 0 bridgehead atoms. The summed E-state index contributed by atoms with van der Waals surface area (Å²) in [6.07, 6.45) is 5.91. The smallest absolute Gasteiger partial charge is 0.0900 e. The van der Waals surface area contributed by atoms with Crippen LogP contribution in [0.4, 0.5) is 0 Å². The second-order valence-corrected chi connectivity index (χ2v) is 7.42. The second kappa shape index (κ2) is 8.06. The summed E-state index contributed by atoms with van der Waals surface area (Å²) < 4.78 is 7.46. The van der Waals surface area contributed by atoms with Gasteiger partial charge in [0.05, 0.1) is 25.5 Å². The van der Waals surface area contributed by atoms with Gasteiger partial charge in [-0.1, -0.05) is 6.07 Å². The lowest BCUT2D eigenvalue weighted by molar-refractivity contribution is 0.0137. The van der Waals surface area contributed by atoms with Crippen LogP contribution < -0.4 is 0 Å². The summed E-state index contributed by atoms with van der Waals surface area (Å²) in [5.74, 6) is 0.665. The molecule has 0 aliphatic carbocycles. The maximum Gasteiger partial charge on any atom is 0.0900 e. The Labute approximate surface area is 141 Å². The van der Waals surface area contributed by atoms with Crippen molar-refractivity contribution < 1.29 is 9.84 Å². The first-order chi connectivity index (χ1) is 11.2. The molecular weight excluding hydrogens is 310 g/mol. The van der Waals surface area contributed by atoms with Crippen LogP contribution in [0.1, 0.15) is 16.9 Å². The predicted octanol–water partition coefficient (Wildman–Crippen LogP) is 1.92. The molecule has 0 saturated carbocycles. The van der Waals surface area contributed by atoms with E-state index in [1.165, 1.54) is 16.9 Å². The van der Waals surface area contributed by atoms with Crippen LogP contribution in [0.25, 0.3) is 0 Å². The molecule has 3 rings (SSSR count). The predicted molar refractivity (Wildman–Crippen MR) is 91.4 cm³/mol. The van der Waals surface area contributed by atoms with Gasteiger partial charge in [0.2, 0.25) is 0 Å². The summed E-state index contributed by atoms with van der Waals surface area (Å²) in [7, 11) is 1.96. The number of nitrogens with zero attached hydrogens (tertiary/aromatic N) is 3. The monoisotopic (exact) mass is 335 g/mol. The molecule has 0 amide bonds. The van der Waals surface area contributed by atoms with Crippen LogP contribution in [0.5, 0.6) is 0 Å². The Balaban J connectivity index is 1.34. The molecular formula is C17H25N3O2S. The number of likely N-dealkylation sites (tertiary alicyclic amines) is 1. The topological polar surface area (TPSA) is 50.5 Å². The molecule has 1 saturated heterocycles. The highest BCUT2D eigenvalue weighted by molar-refractivity contribution is 7.09. The summed E-state index contributed by atoms with van der Waals surface area (Å²) in [5.41, 5.74) is 1.30. The molecule has 3 heterocycles. The fourth-order valence-electron chi connectivity index (χ4n) is 3.20. The number of β-amino-alcohol motifs (C(OH)–C–C–N with tert-alkyl or cyclic N) is 1. The van der Waals surface area contributed by atoms with Crippen LogP contribution in [0, 0.1) is 5.92 Å². The number of hydrogen-bond acceptors (Lipinski definition) is 5. The van der Waals surface area contributed by atoms with Crippen molar-refractivity contribution in [1.29, 1.82) is 0 Å². The lowest BCUT2D eigenvalue weighted by atomic mass is 10.0.